The number of anilines is 1. The van der Waals surface area contributed by atoms with Crippen LogP contribution in [0.15, 0.2) is 16.6 Å². The number of hydrogen-bond donors (Lipinski definition) is 0. The van der Waals surface area contributed by atoms with E-state index >= 15 is 0 Å². The molecule has 0 N–H and O–H groups in total. The third kappa shape index (κ3) is 3.16. The number of carbonyl (C=O) groups is 1. The summed E-state index contributed by atoms with van der Waals surface area (Å²) in [4.78, 5) is 17.2. The molecule has 4 nitrogen and oxygen atoms in total. The maximum atomic E-state index is 12.6. The van der Waals surface area contributed by atoms with E-state index in [4.69, 9.17) is 4.74 Å². The monoisotopic (exact) mass is 406 g/mol. The van der Waals surface area contributed by atoms with Crippen molar-refractivity contribution in [2.24, 2.45) is 0 Å². The molecule has 4 rings (SSSR count). The lowest BCUT2D eigenvalue weighted by Gasteiger charge is -2.33. The number of hydrogen-bond acceptors (Lipinski definition) is 3. The Morgan fingerprint density at radius 2 is 2.04 bits per heavy atom. The number of rotatable bonds is 0. The molecule has 1 aromatic rings. The van der Waals surface area contributed by atoms with E-state index < -0.39 is 5.60 Å². The molecule has 25 heavy (non-hydrogen) atoms. The van der Waals surface area contributed by atoms with Gasteiger partial charge in [-0.15, -0.1) is 0 Å². The van der Waals surface area contributed by atoms with Gasteiger partial charge < -0.3 is 14.5 Å². The zero-order valence-corrected chi connectivity index (χ0v) is 16.9. The van der Waals surface area contributed by atoms with Gasteiger partial charge in [-0.1, -0.05) is 15.9 Å². The van der Waals surface area contributed by atoms with Crippen molar-refractivity contribution in [1.29, 1.82) is 0 Å². The molecule has 0 bridgehead atoms. The van der Waals surface area contributed by atoms with Crippen molar-refractivity contribution in [3.63, 3.8) is 0 Å². The van der Waals surface area contributed by atoms with Gasteiger partial charge in [0.25, 0.3) is 0 Å². The van der Waals surface area contributed by atoms with E-state index in [-0.39, 0.29) is 6.09 Å². The first-order chi connectivity index (χ1) is 11.8. The molecule has 1 aromatic carbocycles. The summed E-state index contributed by atoms with van der Waals surface area (Å²) in [6, 6.07) is 5.08. The van der Waals surface area contributed by atoms with Crippen LogP contribution in [0.3, 0.4) is 0 Å². The van der Waals surface area contributed by atoms with Gasteiger partial charge in [0.05, 0.1) is 0 Å². The zero-order valence-electron chi connectivity index (χ0n) is 15.3. The van der Waals surface area contributed by atoms with Crippen LogP contribution in [-0.4, -0.2) is 42.3 Å². The molecule has 3 aliphatic rings. The number of fused-ring (bicyclic) bond motifs is 3. The summed E-state index contributed by atoms with van der Waals surface area (Å²) in [6.07, 6.45) is 4.41. The molecule has 0 radical (unpaired) electrons. The van der Waals surface area contributed by atoms with Gasteiger partial charge in [0.1, 0.15) is 5.60 Å². The van der Waals surface area contributed by atoms with Crippen molar-refractivity contribution >= 4 is 27.7 Å². The normalized spacial score (nSPS) is 25.3. The fourth-order valence-electron chi connectivity index (χ4n) is 4.70. The van der Waals surface area contributed by atoms with E-state index in [1.807, 2.05) is 25.7 Å². The Hall–Kier alpha value is -1.23. The van der Waals surface area contributed by atoms with Gasteiger partial charge >= 0.3 is 6.09 Å². The van der Waals surface area contributed by atoms with E-state index in [0.717, 1.165) is 43.4 Å². The van der Waals surface area contributed by atoms with E-state index in [2.05, 4.69) is 33.0 Å². The summed E-state index contributed by atoms with van der Waals surface area (Å²) in [6.45, 7) is 8.51. The van der Waals surface area contributed by atoms with Gasteiger partial charge in [0, 0.05) is 41.8 Å². The second-order valence-corrected chi connectivity index (χ2v) is 9.46. The predicted octanol–water partition coefficient (Wildman–Crippen LogP) is 4.70. The van der Waals surface area contributed by atoms with Gasteiger partial charge in [0.2, 0.25) is 0 Å². The van der Waals surface area contributed by atoms with Crippen LogP contribution in [0.2, 0.25) is 0 Å². The highest BCUT2D eigenvalue weighted by molar-refractivity contribution is 9.10. The highest BCUT2D eigenvalue weighted by Crippen LogP contribution is 2.49. The van der Waals surface area contributed by atoms with Crippen molar-refractivity contribution in [3.8, 4) is 0 Å². The third-order valence-corrected chi connectivity index (χ3v) is 6.03. The summed E-state index contributed by atoms with van der Waals surface area (Å²) < 4.78 is 6.81. The average Bonchev–Trinajstić information content (AvgIpc) is 2.69. The molecule has 0 aliphatic carbocycles. The lowest BCUT2D eigenvalue weighted by atomic mass is 9.92. The maximum Gasteiger partial charge on any atom is 0.410 e. The van der Waals surface area contributed by atoms with Crippen LogP contribution in [-0.2, 0) is 11.2 Å². The van der Waals surface area contributed by atoms with Crippen molar-refractivity contribution < 1.29 is 9.53 Å². The smallest absolute Gasteiger partial charge is 0.410 e. The zero-order chi connectivity index (χ0) is 17.8. The topological polar surface area (TPSA) is 32.8 Å². The van der Waals surface area contributed by atoms with Crippen LogP contribution in [0, 0.1) is 0 Å². The summed E-state index contributed by atoms with van der Waals surface area (Å²) in [5.41, 5.74) is 3.90. The van der Waals surface area contributed by atoms with E-state index in [0.29, 0.717) is 12.0 Å². The summed E-state index contributed by atoms with van der Waals surface area (Å²) >= 11 is 3.70. The van der Waals surface area contributed by atoms with Crippen LogP contribution in [0.25, 0.3) is 0 Å². The molecule has 0 spiro atoms. The molecule has 0 aromatic heterocycles. The quantitative estimate of drug-likeness (QED) is 0.625. The van der Waals surface area contributed by atoms with Crippen molar-refractivity contribution in [2.75, 3.05) is 24.5 Å². The Balaban J connectivity index is 1.65. The van der Waals surface area contributed by atoms with Gasteiger partial charge in [-0.05, 0) is 69.7 Å². The predicted molar refractivity (Wildman–Crippen MR) is 103 cm³/mol. The second kappa shape index (κ2) is 6.19. The molecule has 1 amide bonds. The van der Waals surface area contributed by atoms with Crippen molar-refractivity contribution in [2.45, 2.75) is 64.0 Å². The Kier molecular flexibility index (Phi) is 4.25. The lowest BCUT2D eigenvalue weighted by Crippen LogP contribution is -2.41. The minimum absolute atomic E-state index is 0.168. The molecule has 0 saturated carbocycles. The first-order valence-electron chi connectivity index (χ1n) is 9.40. The first kappa shape index (κ1) is 17.2. The highest BCUT2D eigenvalue weighted by atomic mass is 79.9. The van der Waals surface area contributed by atoms with Crippen LogP contribution < -0.4 is 4.90 Å². The summed E-state index contributed by atoms with van der Waals surface area (Å²) in [5, 5.41) is 0. The Bertz CT molecular complexity index is 698. The number of nitrogens with zero attached hydrogens (tertiary/aromatic N) is 2. The van der Waals surface area contributed by atoms with Crippen molar-refractivity contribution in [1.82, 2.24) is 4.90 Å². The average molecular weight is 407 g/mol. The Morgan fingerprint density at radius 1 is 1.24 bits per heavy atom. The van der Waals surface area contributed by atoms with Crippen LogP contribution >= 0.6 is 15.9 Å². The number of aryl methyl sites for hydroxylation is 1. The lowest BCUT2D eigenvalue weighted by molar-refractivity contribution is 0.0248. The molecule has 1 saturated heterocycles. The number of benzene rings is 1. The Morgan fingerprint density at radius 3 is 2.80 bits per heavy atom. The molecular weight excluding hydrogens is 380 g/mol. The number of ether oxygens (including phenoxy) is 1. The Labute approximate surface area is 158 Å². The molecule has 3 aliphatic heterocycles. The first-order valence-corrected chi connectivity index (χ1v) is 10.2. The van der Waals surface area contributed by atoms with Crippen LogP contribution in [0.4, 0.5) is 10.5 Å². The minimum atomic E-state index is -0.443. The standard InChI is InChI=1S/C20H27BrN2O2/c1-20(2,3)25-19(24)22-8-5-7-17-16(12-22)15-11-14(21)10-13-6-4-9-23(17)18(13)15/h10-11,16-17H,4-9,12H2,1-3H3/t16-,17-/m0/s1. The molecule has 3 heterocycles. The van der Waals surface area contributed by atoms with Crippen LogP contribution in [0.5, 0.6) is 0 Å². The summed E-state index contributed by atoms with van der Waals surface area (Å²) in [5.74, 6) is 0.388. The van der Waals surface area contributed by atoms with Gasteiger partial charge in [-0.25, -0.2) is 4.79 Å². The fraction of sp³-hybridized carbons (Fsp3) is 0.650. The maximum absolute atomic E-state index is 12.6. The van der Waals surface area contributed by atoms with E-state index in [9.17, 15) is 4.79 Å². The van der Waals surface area contributed by atoms with Gasteiger partial charge in [0.15, 0.2) is 0 Å². The summed E-state index contributed by atoms with van der Waals surface area (Å²) in [7, 11) is 0. The second-order valence-electron chi connectivity index (χ2n) is 8.54. The molecule has 1 fully saturated rings. The van der Waals surface area contributed by atoms with Crippen LogP contribution in [0.1, 0.15) is 57.1 Å². The van der Waals surface area contributed by atoms with E-state index in [1.54, 1.807) is 0 Å². The van der Waals surface area contributed by atoms with Gasteiger partial charge in [-0.3, -0.25) is 0 Å². The van der Waals surface area contributed by atoms with Crippen molar-refractivity contribution in [3.05, 3.63) is 27.7 Å². The molecule has 136 valence electrons. The molecule has 5 heteroatoms. The number of carbonyl (C=O) groups excluding carboxylic acids is 1. The minimum Gasteiger partial charge on any atom is -0.444 e. The largest absolute Gasteiger partial charge is 0.444 e. The van der Waals surface area contributed by atoms with E-state index in [1.165, 1.54) is 23.2 Å². The molecule has 0 unspecified atom stereocenters. The number of amides is 1. The molecule has 2 atom stereocenters. The third-order valence-electron chi connectivity index (χ3n) is 5.58. The van der Waals surface area contributed by atoms with Gasteiger partial charge in [-0.2, -0.15) is 0 Å². The molecular formula is C20H27BrN2O2. The number of halogens is 1. The SMILES string of the molecule is CC(C)(C)OC(=O)N1CCC[C@H]2[C@@H](C1)c1cc(Br)cc3c1N2CCC3. The fourth-order valence-corrected chi connectivity index (χ4v) is 5.22. The highest BCUT2D eigenvalue weighted by Gasteiger charge is 2.43. The number of likely N-dealkylation sites (tertiary alicyclic amines) is 1.